The van der Waals surface area contributed by atoms with Gasteiger partial charge in [0.25, 0.3) is 0 Å². The molecule has 0 aliphatic heterocycles. The maximum atomic E-state index is 12.2. The second-order valence-corrected chi connectivity index (χ2v) is 6.67. The summed E-state index contributed by atoms with van der Waals surface area (Å²) in [5, 5.41) is 20.9. The molecule has 7 nitrogen and oxygen atoms in total. The van der Waals surface area contributed by atoms with Crippen LogP contribution in [0.5, 0.6) is 5.75 Å². The Bertz CT molecular complexity index is 962. The number of aliphatic imine (C=N–C) groups is 1. The van der Waals surface area contributed by atoms with Gasteiger partial charge in [0.05, 0.1) is 24.5 Å². The summed E-state index contributed by atoms with van der Waals surface area (Å²) in [7, 11) is 0. The van der Waals surface area contributed by atoms with Gasteiger partial charge in [0.15, 0.2) is 5.96 Å². The van der Waals surface area contributed by atoms with E-state index in [1.165, 1.54) is 12.1 Å². The van der Waals surface area contributed by atoms with E-state index in [2.05, 4.69) is 25.5 Å². The second-order valence-electron chi connectivity index (χ2n) is 6.67. The number of guanidine groups is 1. The number of halogens is 2. The molecule has 0 bridgehead atoms. The first kappa shape index (κ1) is 22.2. The lowest BCUT2D eigenvalue weighted by Gasteiger charge is -2.16. The van der Waals surface area contributed by atoms with Crippen LogP contribution in [-0.2, 0) is 6.54 Å². The van der Waals surface area contributed by atoms with E-state index in [-0.39, 0.29) is 12.3 Å². The van der Waals surface area contributed by atoms with Crippen molar-refractivity contribution in [2.24, 2.45) is 4.99 Å². The summed E-state index contributed by atoms with van der Waals surface area (Å²) in [5.74, 6) is 0.594. The molecule has 3 N–H and O–H groups in total. The van der Waals surface area contributed by atoms with E-state index in [9.17, 15) is 13.9 Å². The summed E-state index contributed by atoms with van der Waals surface area (Å²) in [5.41, 5.74) is 2.49. The normalized spacial score (nSPS) is 12.6. The van der Waals surface area contributed by atoms with Gasteiger partial charge in [-0.2, -0.15) is 13.9 Å². The number of nitrogens with zero attached hydrogens (tertiary/aromatic N) is 3. The highest BCUT2D eigenvalue weighted by molar-refractivity contribution is 5.79. The van der Waals surface area contributed by atoms with Crippen molar-refractivity contribution in [1.82, 2.24) is 20.4 Å². The van der Waals surface area contributed by atoms with Gasteiger partial charge in [-0.3, -0.25) is 0 Å². The highest BCUT2D eigenvalue weighted by Gasteiger charge is 2.10. The zero-order chi connectivity index (χ0) is 22.1. The summed E-state index contributed by atoms with van der Waals surface area (Å²) < 4.78 is 30.6. The van der Waals surface area contributed by atoms with Crippen LogP contribution in [-0.4, -0.2) is 40.5 Å². The van der Waals surface area contributed by atoms with Crippen LogP contribution in [0.4, 0.5) is 8.78 Å². The SMILES string of the molecule is CCNC(=NCc1cnn(-c2ccccc2)c1)NCC(O)c1ccc(OC(F)F)cc1. The van der Waals surface area contributed by atoms with Crippen LogP contribution >= 0.6 is 0 Å². The zero-order valence-electron chi connectivity index (χ0n) is 17.1. The van der Waals surface area contributed by atoms with E-state index in [4.69, 9.17) is 0 Å². The molecule has 0 fully saturated rings. The van der Waals surface area contributed by atoms with Crippen LogP contribution in [0.1, 0.15) is 24.2 Å². The Morgan fingerprint density at radius 3 is 2.55 bits per heavy atom. The first-order valence-electron chi connectivity index (χ1n) is 9.89. The largest absolute Gasteiger partial charge is 0.435 e. The predicted octanol–water partition coefficient (Wildman–Crippen LogP) is 3.26. The fraction of sp³-hybridized carbons (Fsp3) is 0.273. The van der Waals surface area contributed by atoms with E-state index in [1.54, 1.807) is 23.0 Å². The third kappa shape index (κ3) is 6.78. The molecule has 3 aromatic rings. The minimum absolute atomic E-state index is 0.0462. The molecule has 1 unspecified atom stereocenters. The summed E-state index contributed by atoms with van der Waals surface area (Å²) >= 11 is 0. The van der Waals surface area contributed by atoms with Crippen LogP contribution in [0.15, 0.2) is 72.0 Å². The number of para-hydroxylation sites is 1. The van der Waals surface area contributed by atoms with Crippen LogP contribution in [0, 0.1) is 0 Å². The highest BCUT2D eigenvalue weighted by atomic mass is 19.3. The van der Waals surface area contributed by atoms with Gasteiger partial charge in [-0.15, -0.1) is 0 Å². The van der Waals surface area contributed by atoms with Gasteiger partial charge >= 0.3 is 6.61 Å². The molecule has 2 aromatic carbocycles. The average molecular weight is 429 g/mol. The van der Waals surface area contributed by atoms with Crippen molar-refractivity contribution in [3.63, 3.8) is 0 Å². The Hall–Kier alpha value is -3.46. The predicted molar refractivity (Wildman–Crippen MR) is 114 cm³/mol. The molecule has 1 atom stereocenters. The van der Waals surface area contributed by atoms with Gasteiger partial charge in [0.1, 0.15) is 5.75 Å². The lowest BCUT2D eigenvalue weighted by molar-refractivity contribution is -0.0498. The topological polar surface area (TPSA) is 83.7 Å². The highest BCUT2D eigenvalue weighted by Crippen LogP contribution is 2.19. The molecule has 1 aromatic heterocycles. The van der Waals surface area contributed by atoms with Crippen molar-refractivity contribution >= 4 is 5.96 Å². The number of hydrogen-bond acceptors (Lipinski definition) is 4. The van der Waals surface area contributed by atoms with Gasteiger partial charge in [-0.1, -0.05) is 30.3 Å². The number of benzene rings is 2. The first-order chi connectivity index (χ1) is 15.0. The van der Waals surface area contributed by atoms with E-state index >= 15 is 0 Å². The fourth-order valence-electron chi connectivity index (χ4n) is 2.86. The van der Waals surface area contributed by atoms with Crippen molar-refractivity contribution in [3.05, 3.63) is 78.1 Å². The molecule has 0 aliphatic rings. The smallest absolute Gasteiger partial charge is 0.387 e. The Morgan fingerprint density at radius 1 is 1.13 bits per heavy atom. The molecule has 9 heteroatoms. The molecule has 0 amide bonds. The number of ether oxygens (including phenoxy) is 1. The second kappa shape index (κ2) is 11.1. The molecule has 0 aliphatic carbocycles. The van der Waals surface area contributed by atoms with Crippen LogP contribution < -0.4 is 15.4 Å². The molecule has 0 saturated carbocycles. The third-order valence-corrected chi connectivity index (χ3v) is 4.37. The van der Waals surface area contributed by atoms with Gasteiger partial charge in [0, 0.05) is 24.8 Å². The van der Waals surface area contributed by atoms with E-state index in [0.29, 0.717) is 24.6 Å². The maximum absolute atomic E-state index is 12.2. The molecular weight excluding hydrogens is 404 g/mol. The lowest BCUT2D eigenvalue weighted by atomic mass is 10.1. The quantitative estimate of drug-likeness (QED) is 0.359. The average Bonchev–Trinajstić information content (AvgIpc) is 3.25. The molecule has 1 heterocycles. The zero-order valence-corrected chi connectivity index (χ0v) is 17.1. The number of aliphatic hydroxyl groups is 1. The van der Waals surface area contributed by atoms with Crippen molar-refractivity contribution in [3.8, 4) is 11.4 Å². The first-order valence-corrected chi connectivity index (χ1v) is 9.89. The van der Waals surface area contributed by atoms with Crippen molar-refractivity contribution in [1.29, 1.82) is 0 Å². The monoisotopic (exact) mass is 429 g/mol. The van der Waals surface area contributed by atoms with E-state index in [1.807, 2.05) is 43.5 Å². The minimum Gasteiger partial charge on any atom is -0.435 e. The molecule has 0 saturated heterocycles. The Kier molecular flexibility index (Phi) is 7.94. The molecular formula is C22H25F2N5O2. The van der Waals surface area contributed by atoms with Crippen molar-refractivity contribution in [2.75, 3.05) is 13.1 Å². The van der Waals surface area contributed by atoms with Crippen LogP contribution in [0.2, 0.25) is 0 Å². The number of rotatable bonds is 9. The Morgan fingerprint density at radius 2 is 1.87 bits per heavy atom. The summed E-state index contributed by atoms with van der Waals surface area (Å²) in [6, 6.07) is 15.7. The lowest BCUT2D eigenvalue weighted by Crippen LogP contribution is -2.39. The summed E-state index contributed by atoms with van der Waals surface area (Å²) in [6.45, 7) is 0.339. The Labute approximate surface area is 179 Å². The number of nitrogens with one attached hydrogen (secondary N) is 2. The standard InChI is InChI=1S/C22H25F2N5O2/c1-2-25-22(26-12-16-13-28-29(15-16)18-6-4-3-5-7-18)27-14-20(30)17-8-10-19(11-9-17)31-21(23)24/h3-11,13,15,20-21,30H,2,12,14H2,1H3,(H2,25,26,27). The molecule has 31 heavy (non-hydrogen) atoms. The number of aromatic nitrogens is 2. The Balaban J connectivity index is 1.56. The number of aliphatic hydroxyl groups excluding tert-OH is 1. The van der Waals surface area contributed by atoms with Crippen molar-refractivity contribution in [2.45, 2.75) is 26.2 Å². The minimum atomic E-state index is -2.88. The van der Waals surface area contributed by atoms with E-state index < -0.39 is 12.7 Å². The van der Waals surface area contributed by atoms with Crippen molar-refractivity contribution < 1.29 is 18.6 Å². The molecule has 3 rings (SSSR count). The third-order valence-electron chi connectivity index (χ3n) is 4.37. The van der Waals surface area contributed by atoms with E-state index in [0.717, 1.165) is 11.3 Å². The maximum Gasteiger partial charge on any atom is 0.387 e. The molecule has 164 valence electrons. The van der Waals surface area contributed by atoms with Crippen LogP contribution in [0.25, 0.3) is 5.69 Å². The summed E-state index contributed by atoms with van der Waals surface area (Å²) in [4.78, 5) is 4.53. The number of alkyl halides is 2. The molecule has 0 spiro atoms. The summed E-state index contributed by atoms with van der Waals surface area (Å²) in [6.07, 6.45) is 2.84. The fourth-order valence-corrected chi connectivity index (χ4v) is 2.86. The molecule has 0 radical (unpaired) electrons. The van der Waals surface area contributed by atoms with Gasteiger partial charge in [-0.25, -0.2) is 9.67 Å². The van der Waals surface area contributed by atoms with Crippen LogP contribution in [0.3, 0.4) is 0 Å². The van der Waals surface area contributed by atoms with Gasteiger partial charge < -0.3 is 20.5 Å². The number of hydrogen-bond donors (Lipinski definition) is 3. The van der Waals surface area contributed by atoms with Gasteiger partial charge in [0.2, 0.25) is 0 Å². The van der Waals surface area contributed by atoms with Gasteiger partial charge in [-0.05, 0) is 36.8 Å².